The smallest absolute Gasteiger partial charge is 0.416 e. The van der Waals surface area contributed by atoms with Crippen molar-refractivity contribution in [3.63, 3.8) is 0 Å². The minimum absolute atomic E-state index is 0.160. The molecule has 0 aliphatic heterocycles. The van der Waals surface area contributed by atoms with Crippen molar-refractivity contribution >= 4 is 21.6 Å². The van der Waals surface area contributed by atoms with Gasteiger partial charge in [0, 0.05) is 6.42 Å². The molecule has 1 aromatic heterocycles. The molecule has 0 fully saturated rings. The molecule has 21 heavy (non-hydrogen) atoms. The lowest BCUT2D eigenvalue weighted by molar-refractivity contribution is -0.137. The van der Waals surface area contributed by atoms with Crippen LogP contribution in [-0.2, 0) is 12.6 Å². The molecular formula is C15H10F3NOS. The summed E-state index contributed by atoms with van der Waals surface area (Å²) >= 11 is 1.36. The van der Waals surface area contributed by atoms with Gasteiger partial charge in [0.05, 0.1) is 20.8 Å². The maximum Gasteiger partial charge on any atom is 0.416 e. The van der Waals surface area contributed by atoms with Gasteiger partial charge in [-0.05, 0) is 35.9 Å². The Kier molecular flexibility index (Phi) is 3.33. The van der Waals surface area contributed by atoms with Gasteiger partial charge in [0.15, 0.2) is 0 Å². The molecule has 0 bridgehead atoms. The quantitative estimate of drug-likeness (QED) is 0.750. The summed E-state index contributed by atoms with van der Waals surface area (Å²) in [6.45, 7) is 0. The van der Waals surface area contributed by atoms with Gasteiger partial charge in [0.2, 0.25) is 0 Å². The molecule has 2 nitrogen and oxygen atoms in total. The van der Waals surface area contributed by atoms with Gasteiger partial charge < -0.3 is 5.11 Å². The highest BCUT2D eigenvalue weighted by Crippen LogP contribution is 2.33. The number of benzene rings is 2. The second kappa shape index (κ2) is 5.04. The van der Waals surface area contributed by atoms with E-state index in [1.165, 1.54) is 17.4 Å². The van der Waals surface area contributed by atoms with E-state index >= 15 is 0 Å². The van der Waals surface area contributed by atoms with Crippen molar-refractivity contribution in [1.82, 2.24) is 4.98 Å². The molecule has 0 radical (unpaired) electrons. The fourth-order valence-corrected chi connectivity index (χ4v) is 3.05. The van der Waals surface area contributed by atoms with Crippen LogP contribution in [-0.4, -0.2) is 10.1 Å². The number of phenols is 1. The Morgan fingerprint density at radius 1 is 1.10 bits per heavy atom. The number of halogens is 3. The van der Waals surface area contributed by atoms with Gasteiger partial charge in [-0.25, -0.2) is 4.98 Å². The Morgan fingerprint density at radius 3 is 2.62 bits per heavy atom. The van der Waals surface area contributed by atoms with E-state index in [4.69, 9.17) is 0 Å². The second-order valence-electron chi connectivity index (χ2n) is 4.63. The lowest BCUT2D eigenvalue weighted by atomic mass is 10.1. The summed E-state index contributed by atoms with van der Waals surface area (Å²) in [7, 11) is 0. The average Bonchev–Trinajstić information content (AvgIpc) is 2.78. The summed E-state index contributed by atoms with van der Waals surface area (Å²) < 4.78 is 38.7. The monoisotopic (exact) mass is 309 g/mol. The van der Waals surface area contributed by atoms with Crippen molar-refractivity contribution in [2.75, 3.05) is 0 Å². The van der Waals surface area contributed by atoms with E-state index in [1.807, 2.05) is 6.07 Å². The topological polar surface area (TPSA) is 33.1 Å². The maximum atomic E-state index is 12.7. The largest absolute Gasteiger partial charge is 0.508 e. The van der Waals surface area contributed by atoms with Gasteiger partial charge in [0.1, 0.15) is 5.75 Å². The predicted molar refractivity (Wildman–Crippen MR) is 75.5 cm³/mol. The molecule has 0 unspecified atom stereocenters. The summed E-state index contributed by atoms with van der Waals surface area (Å²) in [6, 6.07) is 10.3. The molecule has 0 aliphatic rings. The van der Waals surface area contributed by atoms with Gasteiger partial charge in [-0.15, -0.1) is 11.3 Å². The Hall–Kier alpha value is -2.08. The Labute approximate surface area is 122 Å². The first-order valence-electron chi connectivity index (χ1n) is 6.16. The summed E-state index contributed by atoms with van der Waals surface area (Å²) in [5, 5.41) is 10.1. The molecule has 108 valence electrons. The number of aromatic nitrogens is 1. The number of alkyl halides is 3. The molecule has 2 aromatic carbocycles. The van der Waals surface area contributed by atoms with Crippen molar-refractivity contribution in [3.05, 3.63) is 58.6 Å². The molecule has 1 heterocycles. The minimum atomic E-state index is -4.36. The average molecular weight is 309 g/mol. The van der Waals surface area contributed by atoms with Crippen LogP contribution >= 0.6 is 11.3 Å². The number of hydrogen-bond acceptors (Lipinski definition) is 3. The second-order valence-corrected chi connectivity index (χ2v) is 5.75. The molecule has 0 saturated heterocycles. The third kappa shape index (κ3) is 3.00. The van der Waals surface area contributed by atoms with Crippen LogP contribution in [0.1, 0.15) is 16.1 Å². The van der Waals surface area contributed by atoms with Gasteiger partial charge in [-0.2, -0.15) is 13.2 Å². The minimum Gasteiger partial charge on any atom is -0.508 e. The molecule has 3 aromatic rings. The SMILES string of the molecule is Oc1cccc(Cc2nc3cc(C(F)(F)F)ccc3s2)c1. The number of phenolic OH excluding ortho intramolecular Hbond substituents is 1. The zero-order valence-corrected chi connectivity index (χ0v) is 11.5. The lowest BCUT2D eigenvalue weighted by Gasteiger charge is -2.04. The summed E-state index contributed by atoms with van der Waals surface area (Å²) in [5.74, 6) is 0.160. The van der Waals surface area contributed by atoms with Crippen molar-refractivity contribution in [2.24, 2.45) is 0 Å². The summed E-state index contributed by atoms with van der Waals surface area (Å²) in [5.41, 5.74) is 0.527. The number of hydrogen-bond donors (Lipinski definition) is 1. The zero-order valence-electron chi connectivity index (χ0n) is 10.7. The molecule has 0 amide bonds. The zero-order chi connectivity index (χ0) is 15.0. The van der Waals surface area contributed by atoms with Crippen LogP contribution < -0.4 is 0 Å². The van der Waals surface area contributed by atoms with Crippen molar-refractivity contribution in [2.45, 2.75) is 12.6 Å². The van der Waals surface area contributed by atoms with Crippen molar-refractivity contribution < 1.29 is 18.3 Å². The van der Waals surface area contributed by atoms with Crippen LogP contribution in [0.2, 0.25) is 0 Å². The van der Waals surface area contributed by atoms with Gasteiger partial charge in [0.25, 0.3) is 0 Å². The van der Waals surface area contributed by atoms with Crippen molar-refractivity contribution in [1.29, 1.82) is 0 Å². The number of nitrogens with zero attached hydrogens (tertiary/aromatic N) is 1. The van der Waals surface area contributed by atoms with E-state index in [0.29, 0.717) is 11.9 Å². The van der Waals surface area contributed by atoms with E-state index in [-0.39, 0.29) is 5.75 Å². The summed E-state index contributed by atoms with van der Waals surface area (Å²) in [4.78, 5) is 4.25. The van der Waals surface area contributed by atoms with E-state index in [2.05, 4.69) is 4.98 Å². The van der Waals surface area contributed by atoms with Crippen LogP contribution in [0.25, 0.3) is 10.2 Å². The highest BCUT2D eigenvalue weighted by atomic mass is 32.1. The maximum absolute atomic E-state index is 12.7. The number of fused-ring (bicyclic) bond motifs is 1. The number of aromatic hydroxyl groups is 1. The molecule has 3 rings (SSSR count). The summed E-state index contributed by atoms with van der Waals surface area (Å²) in [6.07, 6.45) is -3.88. The molecule has 0 spiro atoms. The third-order valence-electron chi connectivity index (χ3n) is 3.03. The molecule has 6 heteroatoms. The molecule has 0 saturated carbocycles. The van der Waals surface area contributed by atoms with E-state index in [9.17, 15) is 18.3 Å². The van der Waals surface area contributed by atoms with Crippen LogP contribution in [0.4, 0.5) is 13.2 Å². The molecule has 0 aliphatic carbocycles. The first-order chi connectivity index (χ1) is 9.91. The first kappa shape index (κ1) is 13.9. The molecular weight excluding hydrogens is 299 g/mol. The Morgan fingerprint density at radius 2 is 1.90 bits per heavy atom. The fourth-order valence-electron chi connectivity index (χ4n) is 2.07. The highest BCUT2D eigenvalue weighted by Gasteiger charge is 2.30. The predicted octanol–water partition coefficient (Wildman–Crippen LogP) is 4.61. The normalized spacial score (nSPS) is 12.0. The van der Waals surface area contributed by atoms with Crippen LogP contribution in [0.3, 0.4) is 0 Å². The fraction of sp³-hybridized carbons (Fsp3) is 0.133. The van der Waals surface area contributed by atoms with Gasteiger partial charge in [-0.1, -0.05) is 12.1 Å². The van der Waals surface area contributed by atoms with Crippen LogP contribution in [0, 0.1) is 0 Å². The lowest BCUT2D eigenvalue weighted by Crippen LogP contribution is -2.03. The van der Waals surface area contributed by atoms with E-state index in [1.54, 1.807) is 18.2 Å². The molecule has 1 N–H and O–H groups in total. The van der Waals surface area contributed by atoms with E-state index < -0.39 is 11.7 Å². The molecule has 0 atom stereocenters. The number of rotatable bonds is 2. The standard InChI is InChI=1S/C15H10F3NOS/c16-15(17,18)10-4-5-13-12(8-10)19-14(21-13)7-9-2-1-3-11(20)6-9/h1-6,8,20H,7H2. The van der Waals surface area contributed by atoms with Gasteiger partial charge >= 0.3 is 6.18 Å². The number of thiazole rings is 1. The first-order valence-corrected chi connectivity index (χ1v) is 6.98. The van der Waals surface area contributed by atoms with Crippen molar-refractivity contribution in [3.8, 4) is 5.75 Å². The van der Waals surface area contributed by atoms with Crippen LogP contribution in [0.15, 0.2) is 42.5 Å². The van der Waals surface area contributed by atoms with Crippen LogP contribution in [0.5, 0.6) is 5.75 Å². The highest BCUT2D eigenvalue weighted by molar-refractivity contribution is 7.18. The Bertz CT molecular complexity index is 795. The van der Waals surface area contributed by atoms with Gasteiger partial charge in [-0.3, -0.25) is 0 Å². The Balaban J connectivity index is 1.94. The van der Waals surface area contributed by atoms with E-state index in [0.717, 1.165) is 27.4 Å². The third-order valence-corrected chi connectivity index (χ3v) is 4.06.